The highest BCUT2D eigenvalue weighted by Gasteiger charge is 2.18. The van der Waals surface area contributed by atoms with Crippen LogP contribution in [-0.4, -0.2) is 0 Å². The molecule has 0 fully saturated rings. The number of benzene rings is 2. The summed E-state index contributed by atoms with van der Waals surface area (Å²) < 4.78 is 51.9. The predicted octanol–water partition coefficient (Wildman–Crippen LogP) is 4.66. The highest BCUT2D eigenvalue weighted by Crippen LogP contribution is 2.28. The van der Waals surface area contributed by atoms with Crippen LogP contribution < -0.4 is 0 Å². The summed E-state index contributed by atoms with van der Waals surface area (Å²) in [5, 5.41) is 6.77. The van der Waals surface area contributed by atoms with Crippen LogP contribution in [0.2, 0.25) is 0 Å². The molecule has 0 radical (unpaired) electrons. The van der Waals surface area contributed by atoms with E-state index in [-0.39, 0.29) is 6.07 Å². The Bertz CT molecular complexity index is 597. The lowest BCUT2D eigenvalue weighted by Crippen LogP contribution is -1.93. The van der Waals surface area contributed by atoms with Crippen molar-refractivity contribution < 1.29 is 17.6 Å². The first kappa shape index (κ1) is 12.2. The first-order chi connectivity index (χ1) is 8.59. The van der Waals surface area contributed by atoms with Gasteiger partial charge < -0.3 is 0 Å². The quantitative estimate of drug-likeness (QED) is 0.322. The average molecular weight is 254 g/mol. The van der Waals surface area contributed by atoms with Crippen molar-refractivity contribution >= 4 is 11.4 Å². The molecule has 0 unspecified atom stereocenters. The molecule has 2 nitrogen and oxygen atoms in total. The van der Waals surface area contributed by atoms with Crippen molar-refractivity contribution in [1.82, 2.24) is 0 Å². The molecule has 0 atom stereocenters. The molecule has 6 heteroatoms. The summed E-state index contributed by atoms with van der Waals surface area (Å²) >= 11 is 0. The molecule has 0 saturated carbocycles. The molecule has 0 aliphatic heterocycles. The van der Waals surface area contributed by atoms with E-state index >= 15 is 0 Å². The fraction of sp³-hybridized carbons (Fsp3) is 0. The maximum atomic E-state index is 13.2. The van der Waals surface area contributed by atoms with E-state index in [1.165, 1.54) is 0 Å². The molecule has 2 aromatic rings. The Morgan fingerprint density at radius 2 is 1.39 bits per heavy atom. The molecule has 2 aromatic carbocycles. The van der Waals surface area contributed by atoms with Crippen LogP contribution in [0.3, 0.4) is 0 Å². The molecule has 92 valence electrons. The van der Waals surface area contributed by atoms with Gasteiger partial charge in [0, 0.05) is 6.07 Å². The summed E-state index contributed by atoms with van der Waals surface area (Å²) in [5.41, 5.74) is -0.626. The van der Waals surface area contributed by atoms with Gasteiger partial charge in [-0.1, -0.05) is 18.2 Å². The van der Waals surface area contributed by atoms with Gasteiger partial charge in [0.25, 0.3) is 0 Å². The minimum Gasteiger partial charge on any atom is -0.204 e. The van der Waals surface area contributed by atoms with E-state index in [1.54, 1.807) is 30.3 Å². The number of azo groups is 1. The van der Waals surface area contributed by atoms with Crippen LogP contribution in [0, 0.1) is 23.3 Å². The minimum absolute atomic E-state index is 0.220. The van der Waals surface area contributed by atoms with E-state index < -0.39 is 29.0 Å². The first-order valence-electron chi connectivity index (χ1n) is 4.89. The Labute approximate surface area is 99.6 Å². The molecule has 0 amide bonds. The fourth-order valence-electron chi connectivity index (χ4n) is 1.25. The molecule has 2 rings (SSSR count). The number of nitrogens with zero attached hydrogens (tertiary/aromatic N) is 2. The van der Waals surface area contributed by atoms with Crippen LogP contribution >= 0.6 is 0 Å². The van der Waals surface area contributed by atoms with Crippen LogP contribution in [0.1, 0.15) is 0 Å². The van der Waals surface area contributed by atoms with Gasteiger partial charge in [0.1, 0.15) is 0 Å². The second-order valence-electron chi connectivity index (χ2n) is 3.35. The van der Waals surface area contributed by atoms with Gasteiger partial charge in [-0.05, 0) is 12.1 Å². The molecule has 0 heterocycles. The third-order valence-corrected chi connectivity index (χ3v) is 2.11. The Morgan fingerprint density at radius 1 is 0.722 bits per heavy atom. The summed E-state index contributed by atoms with van der Waals surface area (Å²) in [6.07, 6.45) is 0. The third-order valence-electron chi connectivity index (χ3n) is 2.11. The molecular formula is C12H6F4N2. The lowest BCUT2D eigenvalue weighted by Gasteiger charge is -2.00. The van der Waals surface area contributed by atoms with Gasteiger partial charge in [-0.25, -0.2) is 17.6 Å². The van der Waals surface area contributed by atoms with E-state index in [0.29, 0.717) is 5.69 Å². The number of hydrogen-bond donors (Lipinski definition) is 0. The summed E-state index contributed by atoms with van der Waals surface area (Å²) in [5.74, 6) is -6.40. The standard InChI is InChI=1S/C12H6F4N2/c13-8-6-9(14)12(11(16)10(8)15)18-17-7-4-2-1-3-5-7/h1-6H. The van der Waals surface area contributed by atoms with E-state index in [1.807, 2.05) is 0 Å². The van der Waals surface area contributed by atoms with Crippen molar-refractivity contribution in [3.8, 4) is 0 Å². The second kappa shape index (κ2) is 4.95. The maximum Gasteiger partial charge on any atom is 0.196 e. The minimum atomic E-state index is -1.78. The third kappa shape index (κ3) is 2.37. The van der Waals surface area contributed by atoms with E-state index in [9.17, 15) is 17.6 Å². The van der Waals surface area contributed by atoms with Crippen LogP contribution in [0.4, 0.5) is 28.9 Å². The first-order valence-corrected chi connectivity index (χ1v) is 4.89. The predicted molar refractivity (Wildman–Crippen MR) is 56.9 cm³/mol. The number of rotatable bonds is 2. The molecule has 0 spiro atoms. The lowest BCUT2D eigenvalue weighted by molar-refractivity contribution is 0.436. The van der Waals surface area contributed by atoms with Gasteiger partial charge in [-0.2, -0.15) is 5.11 Å². The smallest absolute Gasteiger partial charge is 0.196 e. The zero-order valence-electron chi connectivity index (χ0n) is 8.87. The SMILES string of the molecule is Fc1cc(F)c(N=Nc2ccccc2)c(F)c1F. The van der Waals surface area contributed by atoms with Crippen molar-refractivity contribution in [1.29, 1.82) is 0 Å². The molecule has 0 N–H and O–H groups in total. The average Bonchev–Trinajstić information content (AvgIpc) is 2.37. The Hall–Kier alpha value is -2.24. The molecule has 0 aromatic heterocycles. The van der Waals surface area contributed by atoms with Crippen molar-refractivity contribution in [2.75, 3.05) is 0 Å². The molecule has 0 saturated heterocycles. The van der Waals surface area contributed by atoms with Gasteiger partial charge in [0.05, 0.1) is 5.69 Å². The fourth-order valence-corrected chi connectivity index (χ4v) is 1.25. The Balaban J connectivity index is 2.41. The zero-order valence-corrected chi connectivity index (χ0v) is 8.87. The molecule has 0 aliphatic carbocycles. The van der Waals surface area contributed by atoms with Crippen LogP contribution in [0.5, 0.6) is 0 Å². The van der Waals surface area contributed by atoms with Crippen LogP contribution in [0.15, 0.2) is 46.6 Å². The maximum absolute atomic E-state index is 13.2. The molecule has 0 aliphatic rings. The highest BCUT2D eigenvalue weighted by molar-refractivity contribution is 5.42. The normalized spacial score (nSPS) is 11.1. The summed E-state index contributed by atoms with van der Waals surface area (Å²) in [6.45, 7) is 0. The molecule has 18 heavy (non-hydrogen) atoms. The van der Waals surface area contributed by atoms with Crippen molar-refractivity contribution in [2.24, 2.45) is 10.2 Å². The second-order valence-corrected chi connectivity index (χ2v) is 3.35. The van der Waals surface area contributed by atoms with Crippen molar-refractivity contribution in [2.45, 2.75) is 0 Å². The monoisotopic (exact) mass is 254 g/mol. The summed E-state index contributed by atoms with van der Waals surface area (Å²) in [4.78, 5) is 0. The van der Waals surface area contributed by atoms with E-state index in [2.05, 4.69) is 10.2 Å². The number of hydrogen-bond acceptors (Lipinski definition) is 2. The largest absolute Gasteiger partial charge is 0.204 e. The Morgan fingerprint density at radius 3 is 2.06 bits per heavy atom. The van der Waals surface area contributed by atoms with E-state index in [0.717, 1.165) is 0 Å². The zero-order chi connectivity index (χ0) is 13.1. The molecule has 0 bridgehead atoms. The molecular weight excluding hydrogens is 248 g/mol. The summed E-state index contributed by atoms with van der Waals surface area (Å²) in [6, 6.07) is 8.31. The van der Waals surface area contributed by atoms with Crippen molar-refractivity contribution in [3.63, 3.8) is 0 Å². The number of halogens is 4. The van der Waals surface area contributed by atoms with Crippen LogP contribution in [0.25, 0.3) is 0 Å². The highest BCUT2D eigenvalue weighted by atomic mass is 19.2. The van der Waals surface area contributed by atoms with Gasteiger partial charge in [-0.15, -0.1) is 5.11 Å². The lowest BCUT2D eigenvalue weighted by atomic mass is 10.2. The van der Waals surface area contributed by atoms with Gasteiger partial charge >= 0.3 is 0 Å². The topological polar surface area (TPSA) is 24.7 Å². The summed E-state index contributed by atoms with van der Waals surface area (Å²) in [7, 11) is 0. The van der Waals surface area contributed by atoms with Gasteiger partial charge in [0.2, 0.25) is 0 Å². The van der Waals surface area contributed by atoms with E-state index in [4.69, 9.17) is 0 Å². The van der Waals surface area contributed by atoms with Gasteiger partial charge in [-0.3, -0.25) is 0 Å². The Kier molecular flexibility index (Phi) is 3.36. The van der Waals surface area contributed by atoms with Crippen LogP contribution in [-0.2, 0) is 0 Å². The van der Waals surface area contributed by atoms with Crippen molar-refractivity contribution in [3.05, 3.63) is 59.7 Å². The van der Waals surface area contributed by atoms with Gasteiger partial charge in [0.15, 0.2) is 29.0 Å².